The summed E-state index contributed by atoms with van der Waals surface area (Å²) in [5, 5.41) is 10.5. The molecular formula is C13H19N3O4S. The van der Waals surface area contributed by atoms with E-state index in [2.05, 4.69) is 4.98 Å². The van der Waals surface area contributed by atoms with Gasteiger partial charge in [0.05, 0.1) is 23.9 Å². The molecule has 1 N–H and O–H groups in total. The highest BCUT2D eigenvalue weighted by Crippen LogP contribution is 2.16. The normalized spacial score (nSPS) is 16.0. The molecule has 0 saturated carbocycles. The summed E-state index contributed by atoms with van der Waals surface area (Å²) in [6, 6.07) is -0.0281. The third kappa shape index (κ3) is 4.68. The van der Waals surface area contributed by atoms with Crippen LogP contribution < -0.4 is 0 Å². The van der Waals surface area contributed by atoms with Gasteiger partial charge >= 0.3 is 12.0 Å². The highest BCUT2D eigenvalue weighted by atomic mass is 32.1. The first-order valence-corrected chi connectivity index (χ1v) is 7.71. The summed E-state index contributed by atoms with van der Waals surface area (Å²) in [6.45, 7) is 1.40. The summed E-state index contributed by atoms with van der Waals surface area (Å²) >= 11 is 1.51. The van der Waals surface area contributed by atoms with Crippen LogP contribution in [0, 0.1) is 0 Å². The number of amides is 2. The highest BCUT2D eigenvalue weighted by Gasteiger charge is 2.25. The van der Waals surface area contributed by atoms with E-state index in [0.717, 1.165) is 5.69 Å². The number of urea groups is 1. The summed E-state index contributed by atoms with van der Waals surface area (Å²) in [4.78, 5) is 30.3. The molecule has 2 rings (SSSR count). The molecule has 2 amide bonds. The van der Waals surface area contributed by atoms with Crippen molar-refractivity contribution in [2.24, 2.45) is 0 Å². The highest BCUT2D eigenvalue weighted by molar-refractivity contribution is 7.07. The number of aromatic nitrogens is 1. The molecule has 1 fully saturated rings. The van der Waals surface area contributed by atoms with Crippen LogP contribution in [0.1, 0.15) is 18.5 Å². The van der Waals surface area contributed by atoms with Crippen LogP contribution in [0.5, 0.6) is 0 Å². The van der Waals surface area contributed by atoms with Gasteiger partial charge in [0.15, 0.2) is 0 Å². The van der Waals surface area contributed by atoms with Gasteiger partial charge in [-0.2, -0.15) is 0 Å². The molecule has 8 heteroatoms. The lowest BCUT2D eigenvalue weighted by molar-refractivity contribution is -0.145. The van der Waals surface area contributed by atoms with Gasteiger partial charge in [-0.3, -0.25) is 0 Å². The molecule has 0 atom stereocenters. The Bertz CT molecular complexity index is 472. The van der Waals surface area contributed by atoms with Crippen LogP contribution >= 0.6 is 11.3 Å². The minimum Gasteiger partial charge on any atom is -0.480 e. The lowest BCUT2D eigenvalue weighted by Gasteiger charge is -2.34. The summed E-state index contributed by atoms with van der Waals surface area (Å²) in [6.07, 6.45) is 1.27. The van der Waals surface area contributed by atoms with Crippen molar-refractivity contribution in [2.75, 3.05) is 26.7 Å². The number of aliphatic carboxylic acids is 1. The van der Waals surface area contributed by atoms with Crippen LogP contribution in [0.3, 0.4) is 0 Å². The fourth-order valence-corrected chi connectivity index (χ4v) is 2.82. The standard InChI is InChI=1S/C13H19N3O4S/c1-15(6-10-8-21-9-14-10)13(19)16-4-2-11(3-5-16)20-7-12(17)18/h8-9,11H,2-7H2,1H3,(H,17,18). The van der Waals surface area contributed by atoms with Gasteiger partial charge in [-0.05, 0) is 12.8 Å². The first kappa shape index (κ1) is 15.7. The Labute approximate surface area is 127 Å². The van der Waals surface area contributed by atoms with Crippen LogP contribution in [0.15, 0.2) is 10.9 Å². The Balaban J connectivity index is 1.76. The van der Waals surface area contributed by atoms with Crippen LogP contribution in [-0.4, -0.2) is 64.7 Å². The van der Waals surface area contributed by atoms with Gasteiger partial charge in [0.2, 0.25) is 0 Å². The molecule has 1 aliphatic rings. The maximum atomic E-state index is 12.3. The van der Waals surface area contributed by atoms with Crippen molar-refractivity contribution in [1.29, 1.82) is 0 Å². The monoisotopic (exact) mass is 313 g/mol. The van der Waals surface area contributed by atoms with Crippen molar-refractivity contribution in [3.8, 4) is 0 Å². The van der Waals surface area contributed by atoms with Crippen LogP contribution in [-0.2, 0) is 16.1 Å². The van der Waals surface area contributed by atoms with Crippen molar-refractivity contribution in [2.45, 2.75) is 25.5 Å². The van der Waals surface area contributed by atoms with Crippen molar-refractivity contribution < 1.29 is 19.4 Å². The van der Waals surface area contributed by atoms with E-state index >= 15 is 0 Å². The van der Waals surface area contributed by atoms with Crippen molar-refractivity contribution in [3.63, 3.8) is 0 Å². The van der Waals surface area contributed by atoms with Crippen LogP contribution in [0.4, 0.5) is 4.79 Å². The van der Waals surface area contributed by atoms with Crippen molar-refractivity contribution in [3.05, 3.63) is 16.6 Å². The number of carbonyl (C=O) groups is 2. The van der Waals surface area contributed by atoms with Crippen molar-refractivity contribution >= 4 is 23.3 Å². The molecule has 7 nitrogen and oxygen atoms in total. The maximum Gasteiger partial charge on any atom is 0.329 e. The van der Waals surface area contributed by atoms with Crippen molar-refractivity contribution in [1.82, 2.24) is 14.8 Å². The largest absolute Gasteiger partial charge is 0.480 e. The zero-order valence-corrected chi connectivity index (χ0v) is 12.7. The molecule has 116 valence electrons. The van der Waals surface area contributed by atoms with E-state index in [-0.39, 0.29) is 18.7 Å². The average Bonchev–Trinajstić information content (AvgIpc) is 2.97. The molecule has 1 aromatic heterocycles. The van der Waals surface area contributed by atoms with Gasteiger partial charge in [-0.1, -0.05) is 0 Å². The lowest BCUT2D eigenvalue weighted by Crippen LogP contribution is -2.46. The van der Waals surface area contributed by atoms with Gasteiger partial charge in [0.1, 0.15) is 6.61 Å². The van der Waals surface area contributed by atoms with E-state index in [1.807, 2.05) is 5.38 Å². The minimum atomic E-state index is -0.962. The Morgan fingerprint density at radius 3 is 2.81 bits per heavy atom. The Kier molecular flexibility index (Phi) is 5.51. The molecule has 0 bridgehead atoms. The Morgan fingerprint density at radius 2 is 2.24 bits per heavy atom. The second-order valence-electron chi connectivity index (χ2n) is 5.01. The zero-order chi connectivity index (χ0) is 15.2. The number of carbonyl (C=O) groups excluding carboxylic acids is 1. The predicted molar refractivity (Wildman–Crippen MR) is 77.2 cm³/mol. The zero-order valence-electron chi connectivity index (χ0n) is 11.9. The number of likely N-dealkylation sites (tertiary alicyclic amines) is 1. The van der Waals surface area contributed by atoms with E-state index in [1.54, 1.807) is 22.4 Å². The van der Waals surface area contributed by atoms with E-state index in [1.165, 1.54) is 11.3 Å². The third-order valence-corrected chi connectivity index (χ3v) is 4.00. The fourth-order valence-electron chi connectivity index (χ4n) is 2.27. The number of piperidine rings is 1. The second kappa shape index (κ2) is 7.37. The number of carboxylic acids is 1. The van der Waals surface area contributed by atoms with Gasteiger partial charge in [-0.15, -0.1) is 11.3 Å². The van der Waals surface area contributed by atoms with E-state index in [0.29, 0.717) is 32.5 Å². The van der Waals surface area contributed by atoms with E-state index < -0.39 is 5.97 Å². The van der Waals surface area contributed by atoms with Gasteiger partial charge in [-0.25, -0.2) is 14.6 Å². The summed E-state index contributed by atoms with van der Waals surface area (Å²) in [5.74, 6) is -0.962. The summed E-state index contributed by atoms with van der Waals surface area (Å²) < 4.78 is 5.26. The predicted octanol–water partition coefficient (Wildman–Crippen LogP) is 1.26. The number of nitrogens with zero attached hydrogens (tertiary/aromatic N) is 3. The molecule has 1 aromatic rings. The smallest absolute Gasteiger partial charge is 0.329 e. The number of carboxylic acid groups (broad SMARTS) is 1. The Morgan fingerprint density at radius 1 is 1.52 bits per heavy atom. The van der Waals surface area contributed by atoms with E-state index in [9.17, 15) is 9.59 Å². The average molecular weight is 313 g/mol. The first-order chi connectivity index (χ1) is 10.1. The summed E-state index contributed by atoms with van der Waals surface area (Å²) in [5.41, 5.74) is 2.63. The summed E-state index contributed by atoms with van der Waals surface area (Å²) in [7, 11) is 1.76. The Hall–Kier alpha value is -1.67. The van der Waals surface area contributed by atoms with E-state index in [4.69, 9.17) is 9.84 Å². The van der Waals surface area contributed by atoms with Crippen LogP contribution in [0.25, 0.3) is 0 Å². The molecule has 0 spiro atoms. The number of ether oxygens (including phenoxy) is 1. The molecule has 0 aliphatic carbocycles. The SMILES string of the molecule is CN(Cc1cscn1)C(=O)N1CCC(OCC(=O)O)CC1. The van der Waals surface area contributed by atoms with Gasteiger partial charge < -0.3 is 19.6 Å². The molecule has 21 heavy (non-hydrogen) atoms. The molecule has 0 radical (unpaired) electrons. The quantitative estimate of drug-likeness (QED) is 0.885. The molecule has 0 unspecified atom stereocenters. The van der Waals surface area contributed by atoms with Gasteiger partial charge in [0, 0.05) is 25.5 Å². The fraction of sp³-hybridized carbons (Fsp3) is 0.615. The molecule has 1 saturated heterocycles. The van der Waals surface area contributed by atoms with Gasteiger partial charge in [0.25, 0.3) is 0 Å². The third-order valence-electron chi connectivity index (χ3n) is 3.36. The second-order valence-corrected chi connectivity index (χ2v) is 5.73. The topological polar surface area (TPSA) is 83.0 Å². The number of hydrogen-bond donors (Lipinski definition) is 1. The van der Waals surface area contributed by atoms with Crippen LogP contribution in [0.2, 0.25) is 0 Å². The molecular weight excluding hydrogens is 294 g/mol. The maximum absolute atomic E-state index is 12.3. The first-order valence-electron chi connectivity index (χ1n) is 6.76. The molecule has 2 heterocycles. The molecule has 1 aliphatic heterocycles. The number of thiazole rings is 1. The lowest BCUT2D eigenvalue weighted by atomic mass is 10.1. The molecule has 0 aromatic carbocycles. The minimum absolute atomic E-state index is 0.0281. The number of hydrogen-bond acceptors (Lipinski definition) is 5. The number of rotatable bonds is 5.